The van der Waals surface area contributed by atoms with Gasteiger partial charge in [0.05, 0.1) is 19.9 Å². The van der Waals surface area contributed by atoms with Crippen LogP contribution < -0.4 is 20.3 Å². The number of anilines is 2. The second-order valence-electron chi connectivity index (χ2n) is 6.79. The van der Waals surface area contributed by atoms with Crippen molar-refractivity contribution in [1.29, 1.82) is 0 Å². The second-order valence-corrected chi connectivity index (χ2v) is 7.22. The lowest BCUT2D eigenvalue weighted by molar-refractivity contribution is 0.355. The molecule has 0 saturated carbocycles. The Bertz CT molecular complexity index is 1330. The molecule has 0 spiro atoms. The number of benzene rings is 2. The molecule has 1 aliphatic rings. The number of aromatic amines is 1. The average Bonchev–Trinajstić information content (AvgIpc) is 3.27. The average molecular weight is 438 g/mol. The highest BCUT2D eigenvalue weighted by atomic mass is 35.5. The highest BCUT2D eigenvalue weighted by Gasteiger charge is 2.34. The number of nitrogens with zero attached hydrogens (tertiary/aromatic N) is 5. The number of tetrazole rings is 1. The van der Waals surface area contributed by atoms with Crippen molar-refractivity contribution >= 4 is 23.2 Å². The van der Waals surface area contributed by atoms with Gasteiger partial charge in [-0.05, 0) is 46.3 Å². The maximum Gasteiger partial charge on any atom is 0.288 e. The highest BCUT2D eigenvalue weighted by molar-refractivity contribution is 6.30. The lowest BCUT2D eigenvalue weighted by atomic mass is 9.92. The maximum atomic E-state index is 12.7. The molecule has 3 heterocycles. The van der Waals surface area contributed by atoms with Crippen molar-refractivity contribution < 1.29 is 9.47 Å². The van der Waals surface area contributed by atoms with Gasteiger partial charge in [-0.25, -0.2) is 5.10 Å². The number of hydrogen-bond acceptors (Lipinski definition) is 8. The number of ether oxygens (including phenoxy) is 2. The molecular formula is C20H16ClN7O3. The van der Waals surface area contributed by atoms with Gasteiger partial charge in [0.1, 0.15) is 11.7 Å². The molecule has 2 aromatic heterocycles. The van der Waals surface area contributed by atoms with Crippen LogP contribution in [0.2, 0.25) is 5.02 Å². The molecule has 156 valence electrons. The fourth-order valence-electron chi connectivity index (χ4n) is 3.69. The summed E-state index contributed by atoms with van der Waals surface area (Å²) in [5.41, 5.74) is 2.67. The number of nitrogens with one attached hydrogen (secondary N) is 2. The van der Waals surface area contributed by atoms with Crippen molar-refractivity contribution in [2.45, 2.75) is 6.04 Å². The van der Waals surface area contributed by atoms with Gasteiger partial charge >= 0.3 is 0 Å². The van der Waals surface area contributed by atoms with Crippen molar-refractivity contribution in [1.82, 2.24) is 30.4 Å². The van der Waals surface area contributed by atoms with Gasteiger partial charge in [-0.1, -0.05) is 28.8 Å². The monoisotopic (exact) mass is 437 g/mol. The summed E-state index contributed by atoms with van der Waals surface area (Å²) in [5.74, 6) is 1.47. The number of hydrogen-bond donors (Lipinski definition) is 2. The lowest BCUT2D eigenvalue weighted by Gasteiger charge is -2.28. The molecule has 1 atom stereocenters. The number of methoxy groups -OCH3 is 2. The third-order valence-corrected chi connectivity index (χ3v) is 5.36. The highest BCUT2D eigenvalue weighted by Crippen LogP contribution is 2.42. The van der Waals surface area contributed by atoms with Crippen molar-refractivity contribution in [3.63, 3.8) is 0 Å². The number of H-pyrrole nitrogens is 1. The predicted octanol–water partition coefficient (Wildman–Crippen LogP) is 2.79. The number of aromatic nitrogens is 6. The van der Waals surface area contributed by atoms with Gasteiger partial charge in [-0.3, -0.25) is 4.79 Å². The molecule has 0 bridgehead atoms. The first-order valence-electron chi connectivity index (χ1n) is 9.26. The van der Waals surface area contributed by atoms with Crippen LogP contribution in [0.1, 0.15) is 17.2 Å². The van der Waals surface area contributed by atoms with Crippen LogP contribution in [-0.2, 0) is 0 Å². The molecule has 0 fully saturated rings. The van der Waals surface area contributed by atoms with Crippen LogP contribution >= 0.6 is 11.6 Å². The first-order valence-corrected chi connectivity index (χ1v) is 9.64. The van der Waals surface area contributed by atoms with E-state index in [1.165, 1.54) is 0 Å². The molecule has 0 radical (unpaired) electrons. The summed E-state index contributed by atoms with van der Waals surface area (Å²) in [4.78, 5) is 12.7. The van der Waals surface area contributed by atoms with Gasteiger partial charge < -0.3 is 14.8 Å². The minimum atomic E-state index is -0.503. The Morgan fingerprint density at radius 1 is 1.06 bits per heavy atom. The van der Waals surface area contributed by atoms with Gasteiger partial charge in [0.2, 0.25) is 5.95 Å². The van der Waals surface area contributed by atoms with E-state index in [0.29, 0.717) is 39.4 Å². The van der Waals surface area contributed by atoms with Gasteiger partial charge in [-0.2, -0.15) is 9.78 Å². The standard InChI is InChI=1S/C20H16ClN7O3/c1-30-13-8-5-11(9-14(13)31-2)16-15-17(19(29)24-23-16)22-20-25-26-27-28(20)18(15)10-3-6-12(21)7-4-10/h3-9,18H,1-2H3,(H,24,29)(H,22,25,27)/t18-/m0/s1. The topological polar surface area (TPSA) is 120 Å². The van der Waals surface area contributed by atoms with Crippen LogP contribution in [0.25, 0.3) is 11.3 Å². The van der Waals surface area contributed by atoms with Crippen LogP contribution in [0.4, 0.5) is 11.6 Å². The molecule has 10 nitrogen and oxygen atoms in total. The van der Waals surface area contributed by atoms with E-state index in [9.17, 15) is 4.79 Å². The van der Waals surface area contributed by atoms with Gasteiger partial charge in [-0.15, -0.1) is 0 Å². The molecule has 1 aliphatic heterocycles. The Kier molecular flexibility index (Phi) is 4.55. The first kappa shape index (κ1) is 19.1. The lowest BCUT2D eigenvalue weighted by Crippen LogP contribution is -2.29. The molecule has 0 aliphatic carbocycles. The smallest absolute Gasteiger partial charge is 0.288 e. The summed E-state index contributed by atoms with van der Waals surface area (Å²) < 4.78 is 12.4. The summed E-state index contributed by atoms with van der Waals surface area (Å²) >= 11 is 6.09. The number of halogens is 1. The second kappa shape index (κ2) is 7.40. The van der Waals surface area contributed by atoms with Crippen molar-refractivity contribution in [2.24, 2.45) is 0 Å². The number of fused-ring (bicyclic) bond motifs is 2. The van der Waals surface area contributed by atoms with Crippen LogP contribution in [0.15, 0.2) is 47.3 Å². The zero-order chi connectivity index (χ0) is 21.5. The minimum Gasteiger partial charge on any atom is -0.493 e. The molecule has 0 saturated heterocycles. The zero-order valence-corrected chi connectivity index (χ0v) is 17.2. The van der Waals surface area contributed by atoms with Crippen LogP contribution in [0, 0.1) is 0 Å². The molecule has 11 heteroatoms. The molecule has 5 rings (SSSR count). The number of rotatable bonds is 4. The Morgan fingerprint density at radius 2 is 1.84 bits per heavy atom. The maximum absolute atomic E-state index is 12.7. The Hall–Kier alpha value is -3.92. The van der Waals surface area contributed by atoms with E-state index in [1.807, 2.05) is 18.2 Å². The van der Waals surface area contributed by atoms with E-state index in [1.54, 1.807) is 43.2 Å². The SMILES string of the molecule is COc1ccc(-c2n[nH]c(=O)c3c2[C@H](c2ccc(Cl)cc2)n2nnnc2N3)cc1OC. The third-order valence-electron chi connectivity index (χ3n) is 5.11. The Labute approximate surface area is 180 Å². The Balaban J connectivity index is 1.78. The van der Waals surface area contributed by atoms with E-state index in [2.05, 4.69) is 31.0 Å². The molecule has 2 aromatic carbocycles. The van der Waals surface area contributed by atoms with Gasteiger partial charge in [0.15, 0.2) is 11.5 Å². The van der Waals surface area contributed by atoms with E-state index in [0.717, 1.165) is 11.1 Å². The molecule has 2 N–H and O–H groups in total. The third kappa shape index (κ3) is 3.08. The predicted molar refractivity (Wildman–Crippen MR) is 113 cm³/mol. The van der Waals surface area contributed by atoms with Crippen LogP contribution in [-0.4, -0.2) is 44.6 Å². The van der Waals surface area contributed by atoms with Crippen LogP contribution in [0.5, 0.6) is 11.5 Å². The quantitative estimate of drug-likeness (QED) is 0.440. The van der Waals surface area contributed by atoms with E-state index < -0.39 is 6.04 Å². The van der Waals surface area contributed by atoms with E-state index in [-0.39, 0.29) is 5.56 Å². The van der Waals surface area contributed by atoms with Crippen molar-refractivity contribution in [3.05, 3.63) is 69.0 Å². The Morgan fingerprint density at radius 3 is 2.58 bits per heavy atom. The molecule has 31 heavy (non-hydrogen) atoms. The summed E-state index contributed by atoms with van der Waals surface area (Å²) in [6.45, 7) is 0. The fourth-order valence-corrected chi connectivity index (χ4v) is 3.82. The fraction of sp³-hybridized carbons (Fsp3) is 0.150. The van der Waals surface area contributed by atoms with E-state index in [4.69, 9.17) is 21.1 Å². The molecule has 0 unspecified atom stereocenters. The summed E-state index contributed by atoms with van der Waals surface area (Å²) in [6.07, 6.45) is 0. The molecule has 4 aromatic rings. The van der Waals surface area contributed by atoms with Gasteiger partial charge in [0, 0.05) is 16.1 Å². The largest absolute Gasteiger partial charge is 0.493 e. The van der Waals surface area contributed by atoms with Gasteiger partial charge in [0.25, 0.3) is 5.56 Å². The first-order chi connectivity index (χ1) is 15.1. The minimum absolute atomic E-state index is 0.321. The molecular weight excluding hydrogens is 422 g/mol. The zero-order valence-electron chi connectivity index (χ0n) is 16.5. The molecule has 0 amide bonds. The van der Waals surface area contributed by atoms with Crippen molar-refractivity contribution in [3.8, 4) is 22.8 Å². The normalized spacial score (nSPS) is 14.4. The van der Waals surface area contributed by atoms with Crippen molar-refractivity contribution in [2.75, 3.05) is 19.5 Å². The summed E-state index contributed by atoms with van der Waals surface area (Å²) in [7, 11) is 3.13. The summed E-state index contributed by atoms with van der Waals surface area (Å²) in [6, 6.07) is 12.2. The van der Waals surface area contributed by atoms with E-state index >= 15 is 0 Å². The summed E-state index contributed by atoms with van der Waals surface area (Å²) in [5, 5.41) is 22.4. The van der Waals surface area contributed by atoms with Crippen LogP contribution in [0.3, 0.4) is 0 Å².